The van der Waals surface area contributed by atoms with Gasteiger partial charge in [-0.25, -0.2) is 4.39 Å². The molecular formula is C15H30FN3. The van der Waals surface area contributed by atoms with Crippen LogP contribution in [0.3, 0.4) is 0 Å². The lowest BCUT2D eigenvalue weighted by Crippen LogP contribution is -2.53. The first-order valence-electron chi connectivity index (χ1n) is 7.71. The highest BCUT2D eigenvalue weighted by atomic mass is 19.1. The van der Waals surface area contributed by atoms with E-state index in [4.69, 9.17) is 0 Å². The van der Waals surface area contributed by atoms with Crippen LogP contribution < -0.4 is 5.32 Å². The maximum absolute atomic E-state index is 14.9. The smallest absolute Gasteiger partial charge is 0.126 e. The summed E-state index contributed by atoms with van der Waals surface area (Å²) in [5.74, 6) is 0. The van der Waals surface area contributed by atoms with Crippen molar-refractivity contribution in [1.29, 1.82) is 0 Å². The van der Waals surface area contributed by atoms with E-state index in [-0.39, 0.29) is 0 Å². The quantitative estimate of drug-likeness (QED) is 0.843. The third-order valence-corrected chi connectivity index (χ3v) is 4.17. The molecule has 2 aliphatic heterocycles. The van der Waals surface area contributed by atoms with E-state index < -0.39 is 5.67 Å². The minimum atomic E-state index is -0.953. The van der Waals surface area contributed by atoms with Crippen molar-refractivity contribution >= 4 is 0 Å². The van der Waals surface area contributed by atoms with Crippen LogP contribution in [0.5, 0.6) is 0 Å². The van der Waals surface area contributed by atoms with Crippen LogP contribution in [0.4, 0.5) is 4.39 Å². The summed E-state index contributed by atoms with van der Waals surface area (Å²) in [5.41, 5.74) is -0.638. The number of rotatable bonds is 3. The van der Waals surface area contributed by atoms with Crippen LogP contribution in [0.25, 0.3) is 0 Å². The molecule has 0 aromatic heterocycles. The van der Waals surface area contributed by atoms with E-state index in [2.05, 4.69) is 35.9 Å². The lowest BCUT2D eigenvalue weighted by molar-refractivity contribution is 0.0129. The van der Waals surface area contributed by atoms with Crippen molar-refractivity contribution in [2.75, 3.05) is 52.4 Å². The van der Waals surface area contributed by atoms with E-state index in [1.807, 2.05) is 0 Å². The molecule has 0 unspecified atom stereocenters. The summed E-state index contributed by atoms with van der Waals surface area (Å²) >= 11 is 0. The summed E-state index contributed by atoms with van der Waals surface area (Å²) in [5, 5.41) is 3.32. The van der Waals surface area contributed by atoms with Gasteiger partial charge in [-0.2, -0.15) is 0 Å². The number of piperidine rings is 1. The van der Waals surface area contributed by atoms with Gasteiger partial charge in [-0.05, 0) is 18.3 Å². The molecule has 2 heterocycles. The first-order chi connectivity index (χ1) is 8.86. The average Bonchev–Trinajstić information content (AvgIpc) is 2.32. The molecule has 19 heavy (non-hydrogen) atoms. The molecule has 3 nitrogen and oxygen atoms in total. The number of hydrogen-bond donors (Lipinski definition) is 1. The van der Waals surface area contributed by atoms with Gasteiger partial charge in [0.05, 0.1) is 0 Å². The standard InChI is InChI=1S/C15H30FN3/c1-14(2,3)12-18-8-4-15(16,5-9-18)13-19-10-6-17-7-11-19/h17H,4-13H2,1-3H3. The molecule has 1 N–H and O–H groups in total. The fourth-order valence-corrected chi connectivity index (χ4v) is 3.21. The van der Waals surface area contributed by atoms with Crippen LogP contribution >= 0.6 is 0 Å². The van der Waals surface area contributed by atoms with Gasteiger partial charge in [-0.1, -0.05) is 20.8 Å². The van der Waals surface area contributed by atoms with Crippen molar-refractivity contribution < 1.29 is 4.39 Å². The minimum absolute atomic E-state index is 0.314. The fourth-order valence-electron chi connectivity index (χ4n) is 3.21. The molecule has 2 saturated heterocycles. The molecule has 0 aliphatic carbocycles. The van der Waals surface area contributed by atoms with Gasteiger partial charge >= 0.3 is 0 Å². The number of nitrogens with zero attached hydrogens (tertiary/aromatic N) is 2. The van der Waals surface area contributed by atoms with Crippen molar-refractivity contribution in [2.45, 2.75) is 39.3 Å². The highest BCUT2D eigenvalue weighted by molar-refractivity contribution is 4.90. The van der Waals surface area contributed by atoms with Crippen molar-refractivity contribution in [1.82, 2.24) is 15.1 Å². The lowest BCUT2D eigenvalue weighted by Gasteiger charge is -2.41. The molecule has 4 heteroatoms. The predicted octanol–water partition coefficient (Wildman–Crippen LogP) is 1.74. The summed E-state index contributed by atoms with van der Waals surface area (Å²) in [6.45, 7) is 14.3. The number of nitrogens with one attached hydrogen (secondary N) is 1. The van der Waals surface area contributed by atoms with Gasteiger partial charge in [-0.15, -0.1) is 0 Å². The van der Waals surface area contributed by atoms with Gasteiger partial charge in [0.1, 0.15) is 5.67 Å². The lowest BCUT2D eigenvalue weighted by atomic mass is 9.89. The van der Waals surface area contributed by atoms with Crippen LogP contribution in [-0.4, -0.2) is 67.8 Å². The normalized spacial score (nSPS) is 26.5. The molecule has 112 valence electrons. The molecule has 2 rings (SSSR count). The topological polar surface area (TPSA) is 18.5 Å². The third-order valence-electron chi connectivity index (χ3n) is 4.17. The molecule has 0 atom stereocenters. The van der Waals surface area contributed by atoms with Crippen molar-refractivity contribution in [2.24, 2.45) is 5.41 Å². The fraction of sp³-hybridized carbons (Fsp3) is 1.00. The van der Waals surface area contributed by atoms with Crippen LogP contribution in [-0.2, 0) is 0 Å². The molecular weight excluding hydrogens is 241 g/mol. The van der Waals surface area contributed by atoms with Crippen molar-refractivity contribution in [3.63, 3.8) is 0 Å². The van der Waals surface area contributed by atoms with Crippen molar-refractivity contribution in [3.05, 3.63) is 0 Å². The number of alkyl halides is 1. The molecule has 0 aromatic carbocycles. The summed E-state index contributed by atoms with van der Waals surface area (Å²) < 4.78 is 14.9. The predicted molar refractivity (Wildman–Crippen MR) is 78.3 cm³/mol. The Morgan fingerprint density at radius 1 is 1.00 bits per heavy atom. The summed E-state index contributed by atoms with van der Waals surface area (Å²) in [6, 6.07) is 0. The number of likely N-dealkylation sites (tertiary alicyclic amines) is 1. The Labute approximate surface area is 117 Å². The Kier molecular flexibility index (Phi) is 4.85. The molecule has 0 saturated carbocycles. The van der Waals surface area contributed by atoms with E-state index in [1.165, 1.54) is 0 Å². The number of halogens is 1. The molecule has 0 amide bonds. The van der Waals surface area contributed by atoms with Crippen molar-refractivity contribution in [3.8, 4) is 0 Å². The molecule has 0 spiro atoms. The van der Waals surface area contributed by atoms with E-state index >= 15 is 0 Å². The van der Waals surface area contributed by atoms with E-state index in [1.54, 1.807) is 0 Å². The Morgan fingerprint density at radius 2 is 1.58 bits per heavy atom. The van der Waals surface area contributed by atoms with Crippen LogP contribution in [0.15, 0.2) is 0 Å². The average molecular weight is 271 g/mol. The summed E-state index contributed by atoms with van der Waals surface area (Å²) in [4.78, 5) is 4.71. The monoisotopic (exact) mass is 271 g/mol. The summed E-state index contributed by atoms with van der Waals surface area (Å²) in [6.07, 6.45) is 1.40. The Morgan fingerprint density at radius 3 is 2.11 bits per heavy atom. The molecule has 2 aliphatic rings. The maximum Gasteiger partial charge on any atom is 0.126 e. The SMILES string of the molecule is CC(C)(C)CN1CCC(F)(CN2CCNCC2)CC1. The van der Waals surface area contributed by atoms with Gasteiger partial charge in [-0.3, -0.25) is 4.90 Å². The molecule has 2 fully saturated rings. The van der Waals surface area contributed by atoms with E-state index in [0.29, 0.717) is 24.8 Å². The maximum atomic E-state index is 14.9. The van der Waals surface area contributed by atoms with Gasteiger partial charge in [0.25, 0.3) is 0 Å². The molecule has 0 radical (unpaired) electrons. The third kappa shape index (κ3) is 5.01. The van der Waals surface area contributed by atoms with Crippen LogP contribution in [0, 0.1) is 5.41 Å². The Hall–Kier alpha value is -0.190. The minimum Gasteiger partial charge on any atom is -0.314 e. The highest BCUT2D eigenvalue weighted by Gasteiger charge is 2.37. The van der Waals surface area contributed by atoms with E-state index in [0.717, 1.165) is 45.8 Å². The van der Waals surface area contributed by atoms with Gasteiger partial charge in [0, 0.05) is 52.4 Å². The Bertz CT molecular complexity index is 274. The Balaban J connectivity index is 1.77. The zero-order valence-corrected chi connectivity index (χ0v) is 12.8. The van der Waals surface area contributed by atoms with Gasteiger partial charge in [0.15, 0.2) is 0 Å². The van der Waals surface area contributed by atoms with Gasteiger partial charge in [0.2, 0.25) is 0 Å². The number of hydrogen-bond acceptors (Lipinski definition) is 3. The zero-order valence-electron chi connectivity index (χ0n) is 12.8. The first kappa shape index (κ1) is 15.2. The first-order valence-corrected chi connectivity index (χ1v) is 7.71. The van der Waals surface area contributed by atoms with Gasteiger partial charge < -0.3 is 10.2 Å². The largest absolute Gasteiger partial charge is 0.314 e. The van der Waals surface area contributed by atoms with Crippen LogP contribution in [0.2, 0.25) is 0 Å². The highest BCUT2D eigenvalue weighted by Crippen LogP contribution is 2.29. The molecule has 0 bridgehead atoms. The van der Waals surface area contributed by atoms with E-state index in [9.17, 15) is 4.39 Å². The zero-order chi connectivity index (χ0) is 13.9. The second-order valence-electron chi connectivity index (χ2n) is 7.51. The molecule has 0 aromatic rings. The second kappa shape index (κ2) is 6.06. The number of piperazine rings is 1. The second-order valence-corrected chi connectivity index (χ2v) is 7.51. The summed E-state index contributed by atoms with van der Waals surface area (Å²) in [7, 11) is 0. The van der Waals surface area contributed by atoms with Crippen LogP contribution in [0.1, 0.15) is 33.6 Å².